The maximum atomic E-state index is 2.39. The average molecular weight is 294 g/mol. The summed E-state index contributed by atoms with van der Waals surface area (Å²) in [4.78, 5) is 0. The Kier molecular flexibility index (Phi) is 14.0. The van der Waals surface area contributed by atoms with Crippen molar-refractivity contribution in [1.82, 2.24) is 0 Å². The molecule has 0 aliphatic carbocycles. The van der Waals surface area contributed by atoms with Gasteiger partial charge in [-0.2, -0.15) is 0 Å². The third kappa shape index (κ3) is 12.5. The van der Waals surface area contributed by atoms with E-state index in [-0.39, 0.29) is 17.0 Å². The maximum absolute atomic E-state index is 2.39. The first-order valence-electron chi connectivity index (χ1n) is 6.94. The first-order valence-corrected chi connectivity index (χ1v) is 6.94. The third-order valence-electron chi connectivity index (χ3n) is 3.23. The van der Waals surface area contributed by atoms with E-state index >= 15 is 0 Å². The summed E-state index contributed by atoms with van der Waals surface area (Å²) in [6, 6.07) is 0. The van der Waals surface area contributed by atoms with Crippen LogP contribution in [0.1, 0.15) is 65.2 Å². The second-order valence-electron chi connectivity index (χ2n) is 5.50. The van der Waals surface area contributed by atoms with E-state index in [0.29, 0.717) is 0 Å². The van der Waals surface area contributed by atoms with Crippen LogP contribution in [0, 0.1) is 0 Å². The lowest BCUT2D eigenvalue weighted by Crippen LogP contribution is -3.00. The molecule has 0 fully saturated rings. The Morgan fingerprint density at radius 1 is 0.625 bits per heavy atom. The van der Waals surface area contributed by atoms with Crippen molar-refractivity contribution >= 4 is 0 Å². The standard InChI is InChI=1S/C14H32N.BrH/c1-5-7-9-11-13-15(3,4)14-12-10-8-6-2;/h5-14H2,1-4H3;1H/q+1;/p-1. The number of quaternary nitrogens is 1. The molecule has 0 aliphatic rings. The van der Waals surface area contributed by atoms with Gasteiger partial charge in [-0.3, -0.25) is 0 Å². The monoisotopic (exact) mass is 293 g/mol. The van der Waals surface area contributed by atoms with Crippen molar-refractivity contribution < 1.29 is 21.5 Å². The Labute approximate surface area is 114 Å². The zero-order valence-electron chi connectivity index (χ0n) is 11.9. The second kappa shape index (κ2) is 11.9. The van der Waals surface area contributed by atoms with Crippen LogP contribution < -0.4 is 17.0 Å². The maximum Gasteiger partial charge on any atom is 0.0782 e. The minimum Gasteiger partial charge on any atom is -1.00 e. The van der Waals surface area contributed by atoms with E-state index in [1.807, 2.05) is 0 Å². The summed E-state index contributed by atoms with van der Waals surface area (Å²) in [7, 11) is 4.77. The van der Waals surface area contributed by atoms with E-state index in [2.05, 4.69) is 27.9 Å². The molecule has 0 rings (SSSR count). The van der Waals surface area contributed by atoms with Crippen LogP contribution in [0.15, 0.2) is 0 Å². The minimum atomic E-state index is 0. The smallest absolute Gasteiger partial charge is 0.0782 e. The van der Waals surface area contributed by atoms with Gasteiger partial charge in [0.1, 0.15) is 0 Å². The highest BCUT2D eigenvalue weighted by Crippen LogP contribution is 2.08. The Morgan fingerprint density at radius 2 is 1.00 bits per heavy atom. The van der Waals surface area contributed by atoms with Gasteiger partial charge in [0.25, 0.3) is 0 Å². The predicted octanol–water partition coefficient (Wildman–Crippen LogP) is 1.23. The molecule has 0 atom stereocenters. The summed E-state index contributed by atoms with van der Waals surface area (Å²) < 4.78 is 1.23. The van der Waals surface area contributed by atoms with E-state index in [4.69, 9.17) is 0 Å². The van der Waals surface area contributed by atoms with Crippen LogP contribution >= 0.6 is 0 Å². The van der Waals surface area contributed by atoms with Gasteiger partial charge in [0, 0.05) is 0 Å². The molecule has 0 saturated carbocycles. The van der Waals surface area contributed by atoms with E-state index < -0.39 is 0 Å². The lowest BCUT2D eigenvalue weighted by molar-refractivity contribution is -0.890. The molecule has 16 heavy (non-hydrogen) atoms. The van der Waals surface area contributed by atoms with Gasteiger partial charge in [0.15, 0.2) is 0 Å². The molecule has 1 nitrogen and oxygen atoms in total. The number of nitrogens with zero attached hydrogens (tertiary/aromatic N) is 1. The fraction of sp³-hybridized carbons (Fsp3) is 1.00. The minimum absolute atomic E-state index is 0. The predicted molar refractivity (Wildman–Crippen MR) is 70.1 cm³/mol. The fourth-order valence-corrected chi connectivity index (χ4v) is 2.05. The van der Waals surface area contributed by atoms with Gasteiger partial charge in [0.05, 0.1) is 27.2 Å². The molecule has 0 radical (unpaired) electrons. The van der Waals surface area contributed by atoms with Crippen LogP contribution in [0.25, 0.3) is 0 Å². The average Bonchev–Trinajstić information content (AvgIpc) is 2.20. The SMILES string of the molecule is CCCCCC[N+](C)(C)CCCCCC.[Br-]. The normalized spacial score (nSPS) is 11.2. The largest absolute Gasteiger partial charge is 1.00 e. The first kappa shape index (κ1) is 18.8. The van der Waals surface area contributed by atoms with Crippen molar-refractivity contribution in [1.29, 1.82) is 0 Å². The molecular weight excluding hydrogens is 262 g/mol. The van der Waals surface area contributed by atoms with Gasteiger partial charge in [-0.1, -0.05) is 39.5 Å². The molecule has 0 unspecified atom stereocenters. The molecule has 0 aromatic heterocycles. The number of hydrogen-bond donors (Lipinski definition) is 0. The third-order valence-corrected chi connectivity index (χ3v) is 3.23. The molecule has 0 aromatic carbocycles. The van der Waals surface area contributed by atoms with E-state index in [1.54, 1.807) is 0 Å². The van der Waals surface area contributed by atoms with E-state index in [1.165, 1.54) is 68.9 Å². The van der Waals surface area contributed by atoms with Crippen LogP contribution in [-0.2, 0) is 0 Å². The van der Waals surface area contributed by atoms with Gasteiger partial charge in [-0.25, -0.2) is 0 Å². The van der Waals surface area contributed by atoms with Crippen molar-refractivity contribution in [2.75, 3.05) is 27.2 Å². The lowest BCUT2D eigenvalue weighted by atomic mass is 10.1. The highest BCUT2D eigenvalue weighted by Gasteiger charge is 2.12. The molecule has 0 amide bonds. The van der Waals surface area contributed by atoms with Crippen molar-refractivity contribution in [3.8, 4) is 0 Å². The highest BCUT2D eigenvalue weighted by atomic mass is 79.9. The van der Waals surface area contributed by atoms with Crippen LogP contribution in [0.4, 0.5) is 0 Å². The number of rotatable bonds is 10. The van der Waals surface area contributed by atoms with Crippen molar-refractivity contribution in [2.24, 2.45) is 0 Å². The zero-order valence-corrected chi connectivity index (χ0v) is 13.5. The van der Waals surface area contributed by atoms with Crippen LogP contribution in [0.2, 0.25) is 0 Å². The molecule has 0 aliphatic heterocycles. The van der Waals surface area contributed by atoms with Gasteiger partial charge in [-0.15, -0.1) is 0 Å². The van der Waals surface area contributed by atoms with E-state index in [9.17, 15) is 0 Å². The number of hydrogen-bond acceptors (Lipinski definition) is 0. The molecule has 0 N–H and O–H groups in total. The molecule has 0 spiro atoms. The van der Waals surface area contributed by atoms with Gasteiger partial charge < -0.3 is 21.5 Å². The summed E-state index contributed by atoms with van der Waals surface area (Å²) in [5.74, 6) is 0. The first-order chi connectivity index (χ1) is 7.12. The fourth-order valence-electron chi connectivity index (χ4n) is 2.05. The Morgan fingerprint density at radius 3 is 1.31 bits per heavy atom. The van der Waals surface area contributed by atoms with Crippen molar-refractivity contribution in [3.05, 3.63) is 0 Å². The molecule has 0 saturated heterocycles. The molecule has 0 heterocycles. The number of unbranched alkanes of at least 4 members (excludes halogenated alkanes) is 6. The van der Waals surface area contributed by atoms with Crippen molar-refractivity contribution in [3.63, 3.8) is 0 Å². The molecule has 100 valence electrons. The van der Waals surface area contributed by atoms with Crippen LogP contribution in [0.5, 0.6) is 0 Å². The summed E-state index contributed by atoms with van der Waals surface area (Å²) in [5, 5.41) is 0. The Bertz CT molecular complexity index is 121. The quantitative estimate of drug-likeness (QED) is 0.420. The Hall–Kier alpha value is 0.440. The molecule has 2 heteroatoms. The summed E-state index contributed by atoms with van der Waals surface area (Å²) in [6.07, 6.45) is 11.2. The molecule has 0 aromatic rings. The van der Waals surface area contributed by atoms with Crippen LogP contribution in [0.3, 0.4) is 0 Å². The van der Waals surface area contributed by atoms with Gasteiger partial charge in [0.2, 0.25) is 0 Å². The van der Waals surface area contributed by atoms with Crippen LogP contribution in [-0.4, -0.2) is 31.7 Å². The van der Waals surface area contributed by atoms with E-state index in [0.717, 1.165) is 0 Å². The topological polar surface area (TPSA) is 0 Å². The van der Waals surface area contributed by atoms with Crippen molar-refractivity contribution in [2.45, 2.75) is 65.2 Å². The summed E-state index contributed by atoms with van der Waals surface area (Å²) in [6.45, 7) is 7.30. The Balaban J connectivity index is 0. The molecule has 0 bridgehead atoms. The molecular formula is C14H32BrN. The highest BCUT2D eigenvalue weighted by molar-refractivity contribution is 4.43. The van der Waals surface area contributed by atoms with Gasteiger partial charge in [-0.05, 0) is 25.7 Å². The zero-order chi connectivity index (χ0) is 11.6. The lowest BCUT2D eigenvalue weighted by Gasteiger charge is -2.30. The number of halogens is 1. The summed E-state index contributed by atoms with van der Waals surface area (Å²) >= 11 is 0. The van der Waals surface area contributed by atoms with Gasteiger partial charge >= 0.3 is 0 Å². The second-order valence-corrected chi connectivity index (χ2v) is 5.50. The summed E-state index contributed by atoms with van der Waals surface area (Å²) in [5.41, 5.74) is 0.